The van der Waals surface area contributed by atoms with E-state index in [1.54, 1.807) is 0 Å². The molecule has 0 saturated heterocycles. The van der Waals surface area contributed by atoms with E-state index in [0.29, 0.717) is 12.5 Å². The van der Waals surface area contributed by atoms with Crippen molar-refractivity contribution in [1.29, 1.82) is 0 Å². The minimum absolute atomic E-state index is 0.164. The van der Waals surface area contributed by atoms with Crippen LogP contribution >= 0.6 is 0 Å². The Labute approximate surface area is 106 Å². The summed E-state index contributed by atoms with van der Waals surface area (Å²) in [4.78, 5) is 26.0. The van der Waals surface area contributed by atoms with Crippen molar-refractivity contribution in [2.75, 3.05) is 6.54 Å². The summed E-state index contributed by atoms with van der Waals surface area (Å²) in [6, 6.07) is 1.60. The van der Waals surface area contributed by atoms with Crippen molar-refractivity contribution in [3.63, 3.8) is 0 Å². The van der Waals surface area contributed by atoms with Gasteiger partial charge >= 0.3 is 0 Å². The first-order chi connectivity index (χ1) is 8.66. The Morgan fingerprint density at radius 2 is 2.33 bits per heavy atom. The zero-order chi connectivity index (χ0) is 13.0. The molecule has 98 valence electrons. The van der Waals surface area contributed by atoms with Crippen LogP contribution in [-0.4, -0.2) is 23.5 Å². The molecule has 2 unspecified atom stereocenters. The van der Waals surface area contributed by atoms with Crippen molar-refractivity contribution < 1.29 is 4.79 Å². The molecule has 2 atom stereocenters. The van der Waals surface area contributed by atoms with E-state index in [1.807, 2.05) is 0 Å². The summed E-state index contributed by atoms with van der Waals surface area (Å²) in [5, 5.41) is 2.82. The van der Waals surface area contributed by atoms with Gasteiger partial charge in [0.05, 0.1) is 0 Å². The summed E-state index contributed by atoms with van der Waals surface area (Å²) in [7, 11) is 0. The van der Waals surface area contributed by atoms with Gasteiger partial charge in [0, 0.05) is 31.0 Å². The molecule has 4 N–H and O–H groups in total. The van der Waals surface area contributed by atoms with Crippen LogP contribution in [0.15, 0.2) is 23.3 Å². The molecule has 0 spiro atoms. The molecule has 1 heterocycles. The summed E-state index contributed by atoms with van der Waals surface area (Å²) in [5.41, 5.74) is 5.81. The summed E-state index contributed by atoms with van der Waals surface area (Å²) < 4.78 is 0. The lowest BCUT2D eigenvalue weighted by Gasteiger charge is -2.26. The summed E-state index contributed by atoms with van der Waals surface area (Å²) >= 11 is 0. The first-order valence-corrected chi connectivity index (χ1v) is 6.37. The summed E-state index contributed by atoms with van der Waals surface area (Å²) in [6.45, 7) is 0.598. The fourth-order valence-corrected chi connectivity index (χ4v) is 2.44. The van der Waals surface area contributed by atoms with E-state index in [1.165, 1.54) is 18.5 Å². The number of hydrogen-bond donors (Lipinski definition) is 3. The number of hydrogen-bond acceptors (Lipinski definition) is 3. The van der Waals surface area contributed by atoms with Gasteiger partial charge in [-0.1, -0.05) is 6.42 Å². The van der Waals surface area contributed by atoms with E-state index in [-0.39, 0.29) is 22.9 Å². The van der Waals surface area contributed by atoms with Crippen LogP contribution in [0.1, 0.15) is 36.0 Å². The van der Waals surface area contributed by atoms with E-state index in [9.17, 15) is 9.59 Å². The van der Waals surface area contributed by atoms with Crippen LogP contribution in [0.25, 0.3) is 0 Å². The molecule has 1 fully saturated rings. The zero-order valence-electron chi connectivity index (χ0n) is 10.3. The van der Waals surface area contributed by atoms with Crippen LogP contribution in [0, 0.1) is 5.92 Å². The second-order valence-electron chi connectivity index (χ2n) is 4.92. The van der Waals surface area contributed by atoms with Gasteiger partial charge in [0.15, 0.2) is 5.43 Å². The van der Waals surface area contributed by atoms with Gasteiger partial charge in [-0.3, -0.25) is 9.59 Å². The Bertz CT molecular complexity index is 469. The number of amides is 1. The Kier molecular flexibility index (Phi) is 4.15. The van der Waals surface area contributed by atoms with Crippen molar-refractivity contribution in [2.24, 2.45) is 11.7 Å². The van der Waals surface area contributed by atoms with Gasteiger partial charge < -0.3 is 16.0 Å². The van der Waals surface area contributed by atoms with E-state index >= 15 is 0 Å². The number of pyridine rings is 1. The molecule has 0 aliphatic heterocycles. The molecule has 2 rings (SSSR count). The number of H-pyrrole nitrogens is 1. The maximum atomic E-state index is 11.8. The van der Waals surface area contributed by atoms with Crippen LogP contribution in [-0.2, 0) is 0 Å². The molecule has 1 aromatic heterocycles. The Hall–Kier alpha value is -1.62. The van der Waals surface area contributed by atoms with E-state index < -0.39 is 0 Å². The average molecular weight is 249 g/mol. The van der Waals surface area contributed by atoms with Gasteiger partial charge in [0.25, 0.3) is 5.91 Å². The standard InChI is InChI=1S/C13H19N3O2/c14-10-3-1-2-9(6-10)7-16-13(18)11-8-15-5-4-12(11)17/h4-5,8-10H,1-3,6-7,14H2,(H,15,17)(H,16,18). The minimum Gasteiger partial charge on any atom is -0.367 e. The summed E-state index contributed by atoms with van der Waals surface area (Å²) in [5.74, 6) is 0.122. The molecule has 1 saturated carbocycles. The Morgan fingerprint density at radius 1 is 1.50 bits per heavy atom. The van der Waals surface area contributed by atoms with Crippen LogP contribution in [0.5, 0.6) is 0 Å². The SMILES string of the molecule is NC1CCCC(CNC(=O)c2c[nH]ccc2=O)C1. The molecule has 18 heavy (non-hydrogen) atoms. The summed E-state index contributed by atoms with van der Waals surface area (Å²) in [6.07, 6.45) is 7.19. The minimum atomic E-state index is -0.309. The predicted molar refractivity (Wildman–Crippen MR) is 69.3 cm³/mol. The Morgan fingerprint density at radius 3 is 3.06 bits per heavy atom. The fourth-order valence-electron chi connectivity index (χ4n) is 2.44. The topological polar surface area (TPSA) is 88.0 Å². The zero-order valence-corrected chi connectivity index (χ0v) is 10.3. The van der Waals surface area contributed by atoms with Crippen LogP contribution < -0.4 is 16.5 Å². The third-order valence-electron chi connectivity index (χ3n) is 3.44. The normalized spacial score (nSPS) is 23.6. The van der Waals surface area contributed by atoms with Gasteiger partial charge in [-0.2, -0.15) is 0 Å². The van der Waals surface area contributed by atoms with Gasteiger partial charge in [-0.05, 0) is 25.2 Å². The van der Waals surface area contributed by atoms with E-state index in [4.69, 9.17) is 5.73 Å². The lowest BCUT2D eigenvalue weighted by Crippen LogP contribution is -2.36. The Balaban J connectivity index is 1.89. The lowest BCUT2D eigenvalue weighted by molar-refractivity contribution is 0.0941. The molecule has 0 radical (unpaired) electrons. The fraction of sp³-hybridized carbons (Fsp3) is 0.538. The van der Waals surface area contributed by atoms with Crippen LogP contribution in [0.3, 0.4) is 0 Å². The van der Waals surface area contributed by atoms with Crippen molar-refractivity contribution in [1.82, 2.24) is 10.3 Å². The average Bonchev–Trinajstić information content (AvgIpc) is 2.37. The molecule has 5 nitrogen and oxygen atoms in total. The monoisotopic (exact) mass is 249 g/mol. The number of carbonyl (C=O) groups is 1. The molecule has 0 bridgehead atoms. The second kappa shape index (κ2) is 5.82. The molecule has 1 aromatic rings. The molecule has 1 aliphatic carbocycles. The van der Waals surface area contributed by atoms with E-state index in [2.05, 4.69) is 10.3 Å². The predicted octanol–water partition coefficient (Wildman–Crippen LogP) is 0.622. The highest BCUT2D eigenvalue weighted by Crippen LogP contribution is 2.22. The molecule has 5 heteroatoms. The van der Waals surface area contributed by atoms with Crippen molar-refractivity contribution in [3.05, 3.63) is 34.2 Å². The number of aromatic nitrogens is 1. The highest BCUT2D eigenvalue weighted by molar-refractivity contribution is 5.93. The number of aromatic amines is 1. The first kappa shape index (κ1) is 12.8. The van der Waals surface area contributed by atoms with Gasteiger partial charge in [-0.25, -0.2) is 0 Å². The maximum absolute atomic E-state index is 11.8. The molecular formula is C13H19N3O2. The van der Waals surface area contributed by atoms with Gasteiger partial charge in [-0.15, -0.1) is 0 Å². The van der Waals surface area contributed by atoms with Crippen LogP contribution in [0.4, 0.5) is 0 Å². The third kappa shape index (κ3) is 3.20. The van der Waals surface area contributed by atoms with Gasteiger partial charge in [0.1, 0.15) is 5.56 Å². The van der Waals surface area contributed by atoms with Crippen molar-refractivity contribution in [3.8, 4) is 0 Å². The number of nitrogens with one attached hydrogen (secondary N) is 2. The first-order valence-electron chi connectivity index (χ1n) is 6.37. The third-order valence-corrected chi connectivity index (χ3v) is 3.44. The maximum Gasteiger partial charge on any atom is 0.256 e. The van der Waals surface area contributed by atoms with E-state index in [0.717, 1.165) is 25.7 Å². The number of rotatable bonds is 3. The number of nitrogens with two attached hydrogens (primary N) is 1. The number of carbonyl (C=O) groups excluding carboxylic acids is 1. The van der Waals surface area contributed by atoms with Crippen LogP contribution in [0.2, 0.25) is 0 Å². The quantitative estimate of drug-likeness (QED) is 0.734. The smallest absolute Gasteiger partial charge is 0.256 e. The molecular weight excluding hydrogens is 230 g/mol. The molecule has 0 aromatic carbocycles. The largest absolute Gasteiger partial charge is 0.367 e. The highest BCUT2D eigenvalue weighted by atomic mass is 16.2. The van der Waals surface area contributed by atoms with Gasteiger partial charge in [0.2, 0.25) is 0 Å². The second-order valence-corrected chi connectivity index (χ2v) is 4.92. The molecule has 1 amide bonds. The van der Waals surface area contributed by atoms with Crippen molar-refractivity contribution >= 4 is 5.91 Å². The lowest BCUT2D eigenvalue weighted by atomic mass is 9.86. The molecule has 1 aliphatic rings. The van der Waals surface area contributed by atoms with Crippen molar-refractivity contribution in [2.45, 2.75) is 31.7 Å². The highest BCUT2D eigenvalue weighted by Gasteiger charge is 2.20.